The second-order valence-electron chi connectivity index (χ2n) is 5.33. The minimum absolute atomic E-state index is 0.0462. The van der Waals surface area contributed by atoms with Crippen LogP contribution in [0.15, 0.2) is 42.7 Å². The Hall–Kier alpha value is -1.65. The van der Waals surface area contributed by atoms with Crippen molar-refractivity contribution in [2.75, 3.05) is 6.61 Å². The quantitative estimate of drug-likeness (QED) is 0.835. The highest BCUT2D eigenvalue weighted by Crippen LogP contribution is 2.12. The summed E-state index contributed by atoms with van der Waals surface area (Å²) in [7, 11) is 0. The molecule has 2 N–H and O–H groups in total. The first kappa shape index (κ1) is 13.8. The minimum atomic E-state index is -0.0462. The lowest BCUT2D eigenvalue weighted by molar-refractivity contribution is 0.230. The van der Waals surface area contributed by atoms with E-state index in [4.69, 9.17) is 5.11 Å². The van der Waals surface area contributed by atoms with Gasteiger partial charge in [-0.05, 0) is 44.0 Å². The molecule has 0 radical (unpaired) electrons. The highest BCUT2D eigenvalue weighted by atomic mass is 16.3. The van der Waals surface area contributed by atoms with Gasteiger partial charge in [0.05, 0.1) is 5.69 Å². The third-order valence-electron chi connectivity index (χ3n) is 3.21. The zero-order valence-corrected chi connectivity index (χ0v) is 11.5. The van der Waals surface area contributed by atoms with Gasteiger partial charge in [-0.2, -0.15) is 5.10 Å². The third kappa shape index (κ3) is 3.91. The van der Waals surface area contributed by atoms with E-state index in [2.05, 4.69) is 48.5 Å². The summed E-state index contributed by atoms with van der Waals surface area (Å²) >= 11 is 0. The molecule has 2 aromatic rings. The number of hydrogen-bond donors (Lipinski definition) is 2. The van der Waals surface area contributed by atoms with E-state index in [0.29, 0.717) is 0 Å². The van der Waals surface area contributed by atoms with Gasteiger partial charge in [0.25, 0.3) is 0 Å². The lowest BCUT2D eigenvalue weighted by Crippen LogP contribution is -2.39. The zero-order chi connectivity index (χ0) is 13.7. The van der Waals surface area contributed by atoms with Crippen LogP contribution in [0.5, 0.6) is 0 Å². The first-order chi connectivity index (χ1) is 9.11. The Bertz CT molecular complexity index is 489. The van der Waals surface area contributed by atoms with Gasteiger partial charge in [0.2, 0.25) is 0 Å². The van der Waals surface area contributed by atoms with Crippen LogP contribution in [-0.4, -0.2) is 27.0 Å². The topological polar surface area (TPSA) is 50.1 Å². The maximum atomic E-state index is 8.99. The summed E-state index contributed by atoms with van der Waals surface area (Å²) in [4.78, 5) is 0. The van der Waals surface area contributed by atoms with Crippen LogP contribution in [0.2, 0.25) is 0 Å². The van der Waals surface area contributed by atoms with E-state index >= 15 is 0 Å². The van der Waals surface area contributed by atoms with Crippen LogP contribution in [0.4, 0.5) is 0 Å². The van der Waals surface area contributed by atoms with Crippen molar-refractivity contribution in [3.05, 3.63) is 48.3 Å². The molecule has 1 aromatic heterocycles. The van der Waals surface area contributed by atoms with E-state index in [0.717, 1.165) is 18.7 Å². The van der Waals surface area contributed by atoms with Gasteiger partial charge in [0.1, 0.15) is 0 Å². The fourth-order valence-electron chi connectivity index (χ4n) is 1.90. The molecule has 0 bridgehead atoms. The normalized spacial score (nSPS) is 11.7. The molecular weight excluding hydrogens is 238 g/mol. The van der Waals surface area contributed by atoms with Crippen molar-refractivity contribution in [1.82, 2.24) is 15.1 Å². The fraction of sp³-hybridized carbons (Fsp3) is 0.400. The van der Waals surface area contributed by atoms with E-state index < -0.39 is 0 Å². The number of hydrogen-bond acceptors (Lipinski definition) is 3. The Labute approximate surface area is 114 Å². The highest BCUT2D eigenvalue weighted by molar-refractivity contribution is 5.33. The van der Waals surface area contributed by atoms with Crippen molar-refractivity contribution >= 4 is 0 Å². The predicted octanol–water partition coefficient (Wildman–Crippen LogP) is 2.12. The molecular formula is C15H21N3O. The lowest BCUT2D eigenvalue weighted by atomic mass is 10.0. The van der Waals surface area contributed by atoms with Crippen LogP contribution >= 0.6 is 0 Å². The van der Waals surface area contributed by atoms with Crippen LogP contribution in [0.3, 0.4) is 0 Å². The summed E-state index contributed by atoms with van der Waals surface area (Å²) in [5.41, 5.74) is 2.24. The molecule has 0 saturated heterocycles. The van der Waals surface area contributed by atoms with Crippen molar-refractivity contribution in [3.8, 4) is 5.69 Å². The Kier molecular flexibility index (Phi) is 4.35. The smallest absolute Gasteiger partial charge is 0.0645 e. The van der Waals surface area contributed by atoms with E-state index in [1.165, 1.54) is 5.56 Å². The van der Waals surface area contributed by atoms with E-state index in [9.17, 15) is 0 Å². The molecule has 2 rings (SSSR count). The minimum Gasteiger partial charge on any atom is -0.396 e. The van der Waals surface area contributed by atoms with E-state index in [-0.39, 0.29) is 12.1 Å². The van der Waals surface area contributed by atoms with Gasteiger partial charge >= 0.3 is 0 Å². The average Bonchev–Trinajstić information content (AvgIpc) is 2.91. The van der Waals surface area contributed by atoms with Gasteiger partial charge in [-0.25, -0.2) is 4.68 Å². The van der Waals surface area contributed by atoms with Crippen LogP contribution in [0, 0.1) is 0 Å². The molecule has 0 aliphatic rings. The first-order valence-corrected chi connectivity index (χ1v) is 6.55. The van der Waals surface area contributed by atoms with Gasteiger partial charge in [0.15, 0.2) is 0 Å². The Balaban J connectivity index is 1.96. The summed E-state index contributed by atoms with van der Waals surface area (Å²) in [5.74, 6) is 0. The van der Waals surface area contributed by atoms with Crippen LogP contribution < -0.4 is 5.32 Å². The standard InChI is InChI=1S/C15H21N3O/c1-15(2,8-11-19)16-12-13-4-6-14(7-5-13)18-10-3-9-17-18/h3-7,9-10,16,19H,8,11-12H2,1-2H3. The molecule has 0 unspecified atom stereocenters. The molecule has 0 spiro atoms. The molecule has 0 amide bonds. The second-order valence-corrected chi connectivity index (χ2v) is 5.33. The van der Waals surface area contributed by atoms with E-state index in [1.807, 2.05) is 16.9 Å². The average molecular weight is 259 g/mol. The van der Waals surface area contributed by atoms with Gasteiger partial charge in [0, 0.05) is 31.1 Å². The molecule has 0 saturated carbocycles. The molecule has 1 heterocycles. The first-order valence-electron chi connectivity index (χ1n) is 6.55. The van der Waals surface area contributed by atoms with Crippen molar-refractivity contribution in [2.24, 2.45) is 0 Å². The number of benzene rings is 1. The van der Waals surface area contributed by atoms with E-state index in [1.54, 1.807) is 6.20 Å². The molecule has 0 fully saturated rings. The number of nitrogens with zero attached hydrogens (tertiary/aromatic N) is 2. The van der Waals surface area contributed by atoms with Gasteiger partial charge in [-0.15, -0.1) is 0 Å². The molecule has 19 heavy (non-hydrogen) atoms. The number of nitrogens with one attached hydrogen (secondary N) is 1. The van der Waals surface area contributed by atoms with Crippen molar-refractivity contribution in [2.45, 2.75) is 32.4 Å². The number of aliphatic hydroxyl groups excluding tert-OH is 1. The highest BCUT2D eigenvalue weighted by Gasteiger charge is 2.15. The molecule has 4 heteroatoms. The monoisotopic (exact) mass is 259 g/mol. The van der Waals surface area contributed by atoms with Crippen LogP contribution in [0.1, 0.15) is 25.8 Å². The number of aromatic nitrogens is 2. The van der Waals surface area contributed by atoms with Crippen LogP contribution in [-0.2, 0) is 6.54 Å². The Morgan fingerprint density at radius 3 is 2.58 bits per heavy atom. The number of aliphatic hydroxyl groups is 1. The van der Waals surface area contributed by atoms with Crippen molar-refractivity contribution < 1.29 is 5.11 Å². The SMILES string of the molecule is CC(C)(CCO)NCc1ccc(-n2cccn2)cc1. The summed E-state index contributed by atoms with van der Waals surface area (Å²) in [6.45, 7) is 5.20. The summed E-state index contributed by atoms with van der Waals surface area (Å²) in [6, 6.07) is 10.2. The lowest BCUT2D eigenvalue weighted by Gasteiger charge is -2.25. The summed E-state index contributed by atoms with van der Waals surface area (Å²) in [6.07, 6.45) is 4.45. The van der Waals surface area contributed by atoms with Gasteiger partial charge in [-0.3, -0.25) is 0 Å². The largest absolute Gasteiger partial charge is 0.396 e. The van der Waals surface area contributed by atoms with Gasteiger partial charge in [-0.1, -0.05) is 12.1 Å². The maximum absolute atomic E-state index is 8.99. The third-order valence-corrected chi connectivity index (χ3v) is 3.21. The van der Waals surface area contributed by atoms with Gasteiger partial charge < -0.3 is 10.4 Å². The Morgan fingerprint density at radius 2 is 2.00 bits per heavy atom. The molecule has 4 nitrogen and oxygen atoms in total. The second kappa shape index (κ2) is 5.99. The van der Waals surface area contributed by atoms with Crippen molar-refractivity contribution in [1.29, 1.82) is 0 Å². The molecule has 102 valence electrons. The summed E-state index contributed by atoms with van der Waals surface area (Å²) in [5, 5.41) is 16.6. The fourth-order valence-corrected chi connectivity index (χ4v) is 1.90. The summed E-state index contributed by atoms with van der Waals surface area (Å²) < 4.78 is 1.84. The predicted molar refractivity (Wildman–Crippen MR) is 76.2 cm³/mol. The molecule has 0 atom stereocenters. The van der Waals surface area contributed by atoms with Crippen molar-refractivity contribution in [3.63, 3.8) is 0 Å². The zero-order valence-electron chi connectivity index (χ0n) is 11.5. The Morgan fingerprint density at radius 1 is 1.26 bits per heavy atom. The molecule has 0 aliphatic heterocycles. The van der Waals surface area contributed by atoms with Crippen LogP contribution in [0.25, 0.3) is 5.69 Å². The number of rotatable bonds is 6. The maximum Gasteiger partial charge on any atom is 0.0645 e. The molecule has 1 aromatic carbocycles. The molecule has 0 aliphatic carbocycles.